The molecule has 0 radical (unpaired) electrons. The van der Waals surface area contributed by atoms with Gasteiger partial charge in [0.1, 0.15) is 0 Å². The fourth-order valence-corrected chi connectivity index (χ4v) is 3.04. The highest BCUT2D eigenvalue weighted by Crippen LogP contribution is 2.16. The van der Waals surface area contributed by atoms with Crippen molar-refractivity contribution >= 4 is 9.84 Å². The molecule has 2 atom stereocenters. The lowest BCUT2D eigenvalue weighted by molar-refractivity contribution is 0.0937. The number of alkyl halides is 4. The third-order valence-electron chi connectivity index (χ3n) is 1.89. The molecule has 0 bridgehead atoms. The summed E-state index contributed by atoms with van der Waals surface area (Å²) in [6.45, 7) is 2.16. The zero-order valence-electron chi connectivity index (χ0n) is 8.46. The number of hydrogen-bond acceptors (Lipinski definition) is 2. The Kier molecular flexibility index (Phi) is 5.55. The molecule has 0 aliphatic heterocycles. The molecule has 0 aromatic rings. The largest absolute Gasteiger partial charge is 0.242 e. The number of rotatable bonds is 6. The molecule has 0 saturated carbocycles. The van der Waals surface area contributed by atoms with E-state index in [9.17, 15) is 26.0 Å². The van der Waals surface area contributed by atoms with E-state index in [-0.39, 0.29) is 0 Å². The molecule has 0 aromatic heterocycles. The maximum atomic E-state index is 12.0. The highest BCUT2D eigenvalue weighted by molar-refractivity contribution is 7.91. The first kappa shape index (κ1) is 14.7. The van der Waals surface area contributed by atoms with Crippen LogP contribution >= 0.6 is 0 Å². The first-order valence-corrected chi connectivity index (χ1v) is 6.24. The lowest BCUT2D eigenvalue weighted by Gasteiger charge is -2.14. The van der Waals surface area contributed by atoms with Gasteiger partial charge in [0, 0.05) is 11.8 Å². The summed E-state index contributed by atoms with van der Waals surface area (Å²) in [6.07, 6.45) is -5.50. The van der Waals surface area contributed by atoms with Gasteiger partial charge in [0.15, 0.2) is 9.84 Å². The van der Waals surface area contributed by atoms with Crippen molar-refractivity contribution in [2.75, 3.05) is 11.5 Å². The number of hydrogen-bond donors (Lipinski definition) is 0. The van der Waals surface area contributed by atoms with Crippen molar-refractivity contribution in [3.63, 3.8) is 0 Å². The van der Waals surface area contributed by atoms with Crippen molar-refractivity contribution in [1.82, 2.24) is 0 Å². The maximum Gasteiger partial charge on any atom is 0.242 e. The molecule has 0 aliphatic rings. The quantitative estimate of drug-likeness (QED) is 0.677. The van der Waals surface area contributed by atoms with Crippen LogP contribution in [0.3, 0.4) is 0 Å². The first-order valence-electron chi connectivity index (χ1n) is 4.42. The zero-order chi connectivity index (χ0) is 12.2. The van der Waals surface area contributed by atoms with Crippen molar-refractivity contribution < 1.29 is 26.0 Å². The normalized spacial score (nSPS) is 17.1. The van der Waals surface area contributed by atoms with Gasteiger partial charge in [-0.05, 0) is 0 Å². The minimum absolute atomic E-state index is 0.748. The van der Waals surface area contributed by atoms with Crippen LogP contribution in [0.4, 0.5) is 17.6 Å². The highest BCUT2D eigenvalue weighted by atomic mass is 32.2. The van der Waals surface area contributed by atoms with E-state index in [0.29, 0.717) is 0 Å². The number of halogens is 4. The van der Waals surface area contributed by atoms with Gasteiger partial charge in [0.05, 0.1) is 11.5 Å². The van der Waals surface area contributed by atoms with Crippen LogP contribution in [-0.2, 0) is 9.84 Å². The van der Waals surface area contributed by atoms with E-state index < -0.39 is 46.0 Å². The average molecular weight is 250 g/mol. The van der Waals surface area contributed by atoms with Crippen molar-refractivity contribution in [3.05, 3.63) is 0 Å². The smallest absolute Gasteiger partial charge is 0.229 e. The molecular formula is C8H14F4O2S. The van der Waals surface area contributed by atoms with Gasteiger partial charge >= 0.3 is 0 Å². The summed E-state index contributed by atoms with van der Waals surface area (Å²) in [5.41, 5.74) is 0. The third kappa shape index (κ3) is 5.96. The summed E-state index contributed by atoms with van der Waals surface area (Å²) in [5.74, 6) is -4.14. The molecule has 0 aliphatic carbocycles. The second-order valence-electron chi connectivity index (χ2n) is 3.70. The monoisotopic (exact) mass is 250 g/mol. The summed E-state index contributed by atoms with van der Waals surface area (Å²) in [4.78, 5) is 0. The molecule has 92 valence electrons. The third-order valence-corrected chi connectivity index (χ3v) is 3.96. The Bertz CT molecular complexity index is 254. The lowest BCUT2D eigenvalue weighted by Crippen LogP contribution is -2.26. The van der Waals surface area contributed by atoms with Crippen molar-refractivity contribution in [2.45, 2.75) is 26.7 Å². The summed E-state index contributed by atoms with van der Waals surface area (Å²) in [5, 5.41) is 0. The highest BCUT2D eigenvalue weighted by Gasteiger charge is 2.27. The maximum absolute atomic E-state index is 12.0. The van der Waals surface area contributed by atoms with Gasteiger partial charge in [0.2, 0.25) is 12.9 Å². The van der Waals surface area contributed by atoms with E-state index in [1.54, 1.807) is 0 Å². The summed E-state index contributed by atoms with van der Waals surface area (Å²) >= 11 is 0. The molecular weight excluding hydrogens is 236 g/mol. The van der Waals surface area contributed by atoms with E-state index in [2.05, 4.69) is 0 Å². The molecule has 0 rings (SSSR count). The topological polar surface area (TPSA) is 34.1 Å². The minimum atomic E-state index is -3.83. The van der Waals surface area contributed by atoms with Crippen molar-refractivity contribution in [2.24, 2.45) is 11.8 Å². The Morgan fingerprint density at radius 1 is 0.867 bits per heavy atom. The molecule has 7 heteroatoms. The van der Waals surface area contributed by atoms with Gasteiger partial charge in [-0.25, -0.2) is 26.0 Å². The fourth-order valence-electron chi connectivity index (χ4n) is 1.01. The van der Waals surface area contributed by atoms with Gasteiger partial charge in [-0.2, -0.15) is 0 Å². The molecule has 15 heavy (non-hydrogen) atoms. The van der Waals surface area contributed by atoms with Gasteiger partial charge in [0.25, 0.3) is 0 Å². The zero-order valence-corrected chi connectivity index (χ0v) is 9.28. The van der Waals surface area contributed by atoms with E-state index >= 15 is 0 Å². The van der Waals surface area contributed by atoms with Crippen LogP contribution < -0.4 is 0 Å². The van der Waals surface area contributed by atoms with Crippen LogP contribution in [0.25, 0.3) is 0 Å². The van der Waals surface area contributed by atoms with Gasteiger partial charge < -0.3 is 0 Å². The van der Waals surface area contributed by atoms with Gasteiger partial charge in [-0.15, -0.1) is 0 Å². The molecule has 0 heterocycles. The first-order chi connectivity index (χ1) is 6.65. The summed E-state index contributed by atoms with van der Waals surface area (Å²) < 4.78 is 70.6. The summed E-state index contributed by atoms with van der Waals surface area (Å²) in [6, 6.07) is 0. The fraction of sp³-hybridized carbons (Fsp3) is 1.00. The predicted molar refractivity (Wildman–Crippen MR) is 49.0 cm³/mol. The second-order valence-corrected chi connectivity index (χ2v) is 5.85. The van der Waals surface area contributed by atoms with Crippen LogP contribution in [0.5, 0.6) is 0 Å². The molecule has 0 spiro atoms. The van der Waals surface area contributed by atoms with Gasteiger partial charge in [-0.1, -0.05) is 13.8 Å². The molecule has 0 saturated heterocycles. The number of sulfone groups is 1. The Hall–Kier alpha value is -0.330. The molecule has 0 fully saturated rings. The van der Waals surface area contributed by atoms with Crippen LogP contribution in [0.2, 0.25) is 0 Å². The molecule has 0 amide bonds. The minimum Gasteiger partial charge on any atom is -0.229 e. The van der Waals surface area contributed by atoms with Crippen LogP contribution in [0.15, 0.2) is 0 Å². The van der Waals surface area contributed by atoms with Crippen LogP contribution in [0, 0.1) is 11.8 Å². The van der Waals surface area contributed by atoms with Gasteiger partial charge in [-0.3, -0.25) is 0 Å². The second kappa shape index (κ2) is 5.67. The molecule has 2 unspecified atom stereocenters. The van der Waals surface area contributed by atoms with Crippen LogP contribution in [0.1, 0.15) is 13.8 Å². The molecule has 0 aromatic carbocycles. The standard InChI is InChI=1S/C8H14F4O2S/c1-5(7(9)10)3-15(13,14)4-6(2)8(11)12/h5-8H,3-4H2,1-2H3. The van der Waals surface area contributed by atoms with Crippen molar-refractivity contribution in [3.8, 4) is 0 Å². The Morgan fingerprint density at radius 2 is 1.13 bits per heavy atom. The van der Waals surface area contributed by atoms with E-state index in [0.717, 1.165) is 13.8 Å². The molecule has 2 nitrogen and oxygen atoms in total. The van der Waals surface area contributed by atoms with E-state index in [1.165, 1.54) is 0 Å². The SMILES string of the molecule is CC(CS(=O)(=O)CC(C)C(F)F)C(F)F. The Balaban J connectivity index is 4.32. The average Bonchev–Trinajstić information content (AvgIpc) is 2.01. The Morgan fingerprint density at radius 3 is 1.33 bits per heavy atom. The van der Waals surface area contributed by atoms with Crippen LogP contribution in [-0.4, -0.2) is 32.8 Å². The lowest BCUT2D eigenvalue weighted by atomic mass is 10.2. The van der Waals surface area contributed by atoms with Crippen molar-refractivity contribution in [1.29, 1.82) is 0 Å². The predicted octanol–water partition coefficient (Wildman–Crippen LogP) is 2.20. The van der Waals surface area contributed by atoms with E-state index in [1.807, 2.05) is 0 Å². The molecule has 0 N–H and O–H groups in total. The Labute approximate surface area is 86.6 Å². The summed E-state index contributed by atoms with van der Waals surface area (Å²) in [7, 11) is -3.83. The van der Waals surface area contributed by atoms with E-state index in [4.69, 9.17) is 0 Å².